The third-order valence-corrected chi connectivity index (χ3v) is 2.44. The van der Waals surface area contributed by atoms with Crippen LogP contribution in [0.25, 0.3) is 0 Å². The zero-order valence-corrected chi connectivity index (χ0v) is 11.4. The zero-order chi connectivity index (χ0) is 13.5. The van der Waals surface area contributed by atoms with Crippen molar-refractivity contribution in [1.82, 2.24) is 0 Å². The van der Waals surface area contributed by atoms with Crippen LogP contribution in [0, 0.1) is 5.92 Å². The van der Waals surface area contributed by atoms with Crippen molar-refractivity contribution in [1.29, 1.82) is 0 Å². The molecule has 4 nitrogen and oxygen atoms in total. The lowest BCUT2D eigenvalue weighted by Gasteiger charge is -2.08. The van der Waals surface area contributed by atoms with Crippen LogP contribution in [0.15, 0.2) is 18.2 Å². The summed E-state index contributed by atoms with van der Waals surface area (Å²) in [6, 6.07) is 4.68. The minimum Gasteiger partial charge on any atom is -0.460 e. The van der Waals surface area contributed by atoms with Gasteiger partial charge in [-0.25, -0.2) is 4.79 Å². The average Bonchev–Trinajstić information content (AvgIpc) is 2.27. The minimum absolute atomic E-state index is 0.215. The molecule has 0 spiro atoms. The van der Waals surface area contributed by atoms with Crippen molar-refractivity contribution in [2.45, 2.75) is 13.8 Å². The van der Waals surface area contributed by atoms with Crippen LogP contribution in [-0.2, 0) is 9.47 Å². The topological polar surface area (TPSA) is 61.5 Å². The molecule has 0 fully saturated rings. The number of rotatable bonds is 6. The maximum atomic E-state index is 11.7. The number of carbonyl (C=O) groups is 1. The van der Waals surface area contributed by atoms with Crippen LogP contribution in [-0.4, -0.2) is 25.8 Å². The number of anilines is 1. The molecule has 0 aliphatic rings. The van der Waals surface area contributed by atoms with E-state index in [1.807, 2.05) is 0 Å². The predicted octanol–water partition coefficient (Wildman–Crippen LogP) is 2.75. The van der Waals surface area contributed by atoms with Gasteiger partial charge < -0.3 is 15.2 Å². The van der Waals surface area contributed by atoms with Gasteiger partial charge in [0.25, 0.3) is 0 Å². The molecule has 0 saturated heterocycles. The highest BCUT2D eigenvalue weighted by molar-refractivity contribution is 6.33. The second-order valence-electron chi connectivity index (χ2n) is 4.34. The van der Waals surface area contributed by atoms with Gasteiger partial charge in [-0.15, -0.1) is 0 Å². The first-order valence-electron chi connectivity index (χ1n) is 5.80. The van der Waals surface area contributed by atoms with Crippen molar-refractivity contribution in [3.63, 3.8) is 0 Å². The highest BCUT2D eigenvalue weighted by Crippen LogP contribution is 2.19. The van der Waals surface area contributed by atoms with E-state index in [4.69, 9.17) is 26.8 Å². The number of hydrogen-bond acceptors (Lipinski definition) is 4. The lowest BCUT2D eigenvalue weighted by molar-refractivity contribution is 0.0278. The van der Waals surface area contributed by atoms with E-state index in [1.54, 1.807) is 12.1 Å². The van der Waals surface area contributed by atoms with Crippen molar-refractivity contribution in [2.24, 2.45) is 5.92 Å². The average molecular weight is 272 g/mol. The molecule has 0 atom stereocenters. The number of halogens is 1. The highest BCUT2D eigenvalue weighted by Gasteiger charge is 2.11. The van der Waals surface area contributed by atoms with Gasteiger partial charge in [0.15, 0.2) is 0 Å². The van der Waals surface area contributed by atoms with Gasteiger partial charge in [0.1, 0.15) is 6.61 Å². The van der Waals surface area contributed by atoms with Crippen LogP contribution < -0.4 is 5.73 Å². The van der Waals surface area contributed by atoms with Gasteiger partial charge in [-0.3, -0.25) is 0 Å². The third-order valence-electron chi connectivity index (χ3n) is 2.13. The van der Waals surface area contributed by atoms with Crippen LogP contribution in [0.4, 0.5) is 5.69 Å². The largest absolute Gasteiger partial charge is 0.460 e. The molecule has 1 aromatic carbocycles. The molecule has 0 bridgehead atoms. The molecule has 0 saturated carbocycles. The van der Waals surface area contributed by atoms with Crippen molar-refractivity contribution in [2.75, 3.05) is 25.6 Å². The molecule has 0 aliphatic heterocycles. The first-order chi connectivity index (χ1) is 8.50. The Hall–Kier alpha value is -1.26. The molecule has 1 aromatic rings. The summed E-state index contributed by atoms with van der Waals surface area (Å²) in [4.78, 5) is 11.7. The van der Waals surface area contributed by atoms with Gasteiger partial charge in [-0.05, 0) is 24.1 Å². The Morgan fingerprint density at radius 2 is 2.11 bits per heavy atom. The fraction of sp³-hybridized carbons (Fsp3) is 0.462. The van der Waals surface area contributed by atoms with E-state index in [0.29, 0.717) is 35.4 Å². The molecule has 18 heavy (non-hydrogen) atoms. The Kier molecular flexibility index (Phi) is 5.95. The lowest BCUT2D eigenvalue weighted by Crippen LogP contribution is -2.13. The van der Waals surface area contributed by atoms with Crippen molar-refractivity contribution < 1.29 is 14.3 Å². The summed E-state index contributed by atoms with van der Waals surface area (Å²) >= 11 is 5.89. The van der Waals surface area contributed by atoms with Crippen molar-refractivity contribution in [3.05, 3.63) is 28.8 Å². The number of hydrogen-bond donors (Lipinski definition) is 1. The smallest absolute Gasteiger partial charge is 0.339 e. The van der Waals surface area contributed by atoms with Gasteiger partial charge in [0.05, 0.1) is 17.2 Å². The Morgan fingerprint density at radius 3 is 2.72 bits per heavy atom. The van der Waals surface area contributed by atoms with Crippen molar-refractivity contribution in [3.8, 4) is 0 Å². The lowest BCUT2D eigenvalue weighted by atomic mass is 10.2. The summed E-state index contributed by atoms with van der Waals surface area (Å²) in [6.07, 6.45) is 0. The summed E-state index contributed by atoms with van der Waals surface area (Å²) in [5.41, 5.74) is 6.36. The molecule has 0 heterocycles. The first-order valence-corrected chi connectivity index (χ1v) is 6.18. The fourth-order valence-electron chi connectivity index (χ4n) is 1.29. The second kappa shape index (κ2) is 7.24. The van der Waals surface area contributed by atoms with E-state index < -0.39 is 5.97 Å². The normalized spacial score (nSPS) is 10.7. The van der Waals surface area contributed by atoms with E-state index in [0.717, 1.165) is 0 Å². The Labute approximate surface area is 112 Å². The van der Waals surface area contributed by atoms with Gasteiger partial charge in [-0.1, -0.05) is 25.4 Å². The summed E-state index contributed by atoms with van der Waals surface area (Å²) in [5, 5.41) is 0.295. The standard InChI is InChI=1S/C13H18ClNO3/c1-9(2)8-17-5-6-18-13(16)11-4-3-10(15)7-12(11)14/h3-4,7,9H,5-6,8,15H2,1-2H3. The third kappa shape index (κ3) is 4.94. The van der Waals surface area contributed by atoms with Gasteiger partial charge in [0.2, 0.25) is 0 Å². The molecular formula is C13H18ClNO3. The summed E-state index contributed by atoms with van der Waals surface area (Å²) in [7, 11) is 0. The predicted molar refractivity (Wildman–Crippen MR) is 71.8 cm³/mol. The molecule has 0 aromatic heterocycles. The zero-order valence-electron chi connectivity index (χ0n) is 10.6. The Balaban J connectivity index is 2.36. The minimum atomic E-state index is -0.465. The van der Waals surface area contributed by atoms with Gasteiger partial charge >= 0.3 is 5.97 Å². The van der Waals surface area contributed by atoms with Crippen LogP contribution >= 0.6 is 11.6 Å². The number of ether oxygens (including phenoxy) is 2. The number of nitrogens with two attached hydrogens (primary N) is 1. The van der Waals surface area contributed by atoms with Crippen LogP contribution in [0.5, 0.6) is 0 Å². The highest BCUT2D eigenvalue weighted by atomic mass is 35.5. The molecule has 0 radical (unpaired) electrons. The van der Waals surface area contributed by atoms with E-state index >= 15 is 0 Å². The summed E-state index contributed by atoms with van der Waals surface area (Å²) in [5.74, 6) is 0.000362. The second-order valence-corrected chi connectivity index (χ2v) is 4.75. The summed E-state index contributed by atoms with van der Waals surface area (Å²) in [6.45, 7) is 5.36. The maximum absolute atomic E-state index is 11.7. The van der Waals surface area contributed by atoms with Crippen molar-refractivity contribution >= 4 is 23.3 Å². The molecule has 1 rings (SSSR count). The first kappa shape index (κ1) is 14.8. The van der Waals surface area contributed by atoms with E-state index in [9.17, 15) is 4.79 Å². The number of nitrogen functional groups attached to an aromatic ring is 1. The summed E-state index contributed by atoms with van der Waals surface area (Å²) < 4.78 is 10.3. The molecule has 2 N–H and O–H groups in total. The monoisotopic (exact) mass is 271 g/mol. The molecule has 0 amide bonds. The quantitative estimate of drug-likeness (QED) is 0.491. The SMILES string of the molecule is CC(C)COCCOC(=O)c1ccc(N)cc1Cl. The van der Waals surface area contributed by atoms with E-state index in [-0.39, 0.29) is 6.61 Å². The number of esters is 1. The molecule has 0 aliphatic carbocycles. The number of benzene rings is 1. The van der Waals surface area contributed by atoms with Crippen LogP contribution in [0.1, 0.15) is 24.2 Å². The van der Waals surface area contributed by atoms with Gasteiger partial charge in [0, 0.05) is 12.3 Å². The molecule has 0 unspecified atom stereocenters. The maximum Gasteiger partial charge on any atom is 0.339 e. The Morgan fingerprint density at radius 1 is 1.39 bits per heavy atom. The number of carbonyl (C=O) groups excluding carboxylic acids is 1. The Bertz CT molecular complexity index is 407. The van der Waals surface area contributed by atoms with Gasteiger partial charge in [-0.2, -0.15) is 0 Å². The molecular weight excluding hydrogens is 254 g/mol. The van der Waals surface area contributed by atoms with Crippen LogP contribution in [0.3, 0.4) is 0 Å². The fourth-order valence-corrected chi connectivity index (χ4v) is 1.55. The van der Waals surface area contributed by atoms with Crippen LogP contribution in [0.2, 0.25) is 5.02 Å². The molecule has 100 valence electrons. The van der Waals surface area contributed by atoms with E-state index in [1.165, 1.54) is 6.07 Å². The van der Waals surface area contributed by atoms with E-state index in [2.05, 4.69) is 13.8 Å². The molecule has 5 heteroatoms.